The van der Waals surface area contributed by atoms with Crippen molar-refractivity contribution in [3.63, 3.8) is 0 Å². The van der Waals surface area contributed by atoms with Crippen LogP contribution in [0.3, 0.4) is 0 Å². The van der Waals surface area contributed by atoms with Crippen molar-refractivity contribution in [1.82, 2.24) is 10.6 Å². The van der Waals surface area contributed by atoms with Crippen molar-refractivity contribution < 1.29 is 37.0 Å². The second-order valence-corrected chi connectivity index (χ2v) is 8.19. The molecule has 1 aromatic carbocycles. The number of alkyl halides is 3. The first-order valence-electron chi connectivity index (χ1n) is 9.11. The number of hydrogen-bond acceptors (Lipinski definition) is 5. The van der Waals surface area contributed by atoms with E-state index in [1.807, 2.05) is 0 Å². The van der Waals surface area contributed by atoms with Gasteiger partial charge in [-0.25, -0.2) is 9.59 Å². The van der Waals surface area contributed by atoms with Gasteiger partial charge in [-0.2, -0.15) is 13.2 Å². The first-order chi connectivity index (χ1) is 13.5. The Balaban J connectivity index is 3.14. The smallest absolute Gasteiger partial charge is 0.416 e. The molecule has 0 aliphatic rings. The third kappa shape index (κ3) is 7.92. The van der Waals surface area contributed by atoms with Gasteiger partial charge in [-0.15, -0.1) is 0 Å². The number of halogens is 3. The topological polar surface area (TPSA) is 93.7 Å². The Morgan fingerprint density at radius 3 is 2.17 bits per heavy atom. The highest BCUT2D eigenvalue weighted by Gasteiger charge is 2.34. The van der Waals surface area contributed by atoms with Gasteiger partial charge in [-0.3, -0.25) is 4.79 Å². The number of esters is 1. The van der Waals surface area contributed by atoms with E-state index < -0.39 is 53.3 Å². The van der Waals surface area contributed by atoms with Crippen molar-refractivity contribution in [3.8, 4) is 0 Å². The zero-order valence-corrected chi connectivity index (χ0v) is 17.8. The van der Waals surface area contributed by atoms with E-state index in [1.54, 1.807) is 20.8 Å². The van der Waals surface area contributed by atoms with E-state index in [0.717, 1.165) is 19.2 Å². The summed E-state index contributed by atoms with van der Waals surface area (Å²) in [6.45, 7) is 7.70. The molecule has 0 fully saturated rings. The fourth-order valence-electron chi connectivity index (χ4n) is 2.52. The number of carbonyl (C=O) groups is 3. The van der Waals surface area contributed by atoms with Gasteiger partial charge in [0.15, 0.2) is 0 Å². The molecule has 0 unspecified atom stereocenters. The Kier molecular flexibility index (Phi) is 7.88. The van der Waals surface area contributed by atoms with Crippen molar-refractivity contribution in [2.75, 3.05) is 7.11 Å². The highest BCUT2D eigenvalue weighted by Crippen LogP contribution is 2.31. The zero-order valence-electron chi connectivity index (χ0n) is 17.8. The van der Waals surface area contributed by atoms with Gasteiger partial charge in [-0.1, -0.05) is 12.1 Å². The van der Waals surface area contributed by atoms with Crippen LogP contribution in [0, 0.1) is 0 Å². The molecule has 30 heavy (non-hydrogen) atoms. The summed E-state index contributed by atoms with van der Waals surface area (Å²) in [5.41, 5.74) is -3.08. The molecule has 0 aliphatic carbocycles. The molecule has 0 radical (unpaired) electrons. The normalized spacial score (nSPS) is 13.2. The summed E-state index contributed by atoms with van der Waals surface area (Å²) < 4.78 is 49.0. The molecule has 0 heterocycles. The van der Waals surface area contributed by atoms with Crippen LogP contribution >= 0.6 is 0 Å². The monoisotopic (exact) mass is 432 g/mol. The third-order valence-corrected chi connectivity index (χ3v) is 3.84. The SMILES string of the molecule is COC(=O)C(C)(C)NC(=O)C[C@H](NC(=O)OC(C)(C)C)c1cccc(C(F)(F)F)c1. The lowest BCUT2D eigenvalue weighted by molar-refractivity contribution is -0.149. The molecule has 0 spiro atoms. The second kappa shape index (κ2) is 9.36. The Morgan fingerprint density at radius 1 is 1.07 bits per heavy atom. The molecule has 0 aliphatic heterocycles. The van der Waals surface area contributed by atoms with E-state index in [0.29, 0.717) is 0 Å². The van der Waals surface area contributed by atoms with E-state index in [9.17, 15) is 27.6 Å². The van der Waals surface area contributed by atoms with E-state index in [2.05, 4.69) is 15.4 Å². The molecular formula is C20H27F3N2O5. The fourth-order valence-corrected chi connectivity index (χ4v) is 2.52. The van der Waals surface area contributed by atoms with Crippen LogP contribution < -0.4 is 10.6 Å². The Labute approximate surface area is 173 Å². The van der Waals surface area contributed by atoms with Gasteiger partial charge in [-0.05, 0) is 52.3 Å². The molecule has 0 aromatic heterocycles. The molecule has 0 saturated carbocycles. The van der Waals surface area contributed by atoms with Crippen LogP contribution in [0.4, 0.5) is 18.0 Å². The zero-order chi connectivity index (χ0) is 23.3. The number of hydrogen-bond donors (Lipinski definition) is 2. The highest BCUT2D eigenvalue weighted by atomic mass is 19.4. The number of rotatable bonds is 6. The van der Waals surface area contributed by atoms with Crippen LogP contribution in [0.1, 0.15) is 58.2 Å². The van der Waals surface area contributed by atoms with E-state index >= 15 is 0 Å². The first-order valence-corrected chi connectivity index (χ1v) is 9.11. The standard InChI is InChI=1S/C20H27F3N2O5/c1-18(2,3)30-17(28)24-14(11-15(26)25-19(4,5)16(27)29-6)12-8-7-9-13(10-12)20(21,22)23/h7-10,14H,11H2,1-6H3,(H,24,28)(H,25,26)/t14-/m0/s1. The molecule has 7 nitrogen and oxygen atoms in total. The largest absolute Gasteiger partial charge is 0.467 e. The van der Waals surface area contributed by atoms with Crippen LogP contribution in [0.25, 0.3) is 0 Å². The van der Waals surface area contributed by atoms with Gasteiger partial charge < -0.3 is 20.1 Å². The van der Waals surface area contributed by atoms with Gasteiger partial charge in [0, 0.05) is 0 Å². The summed E-state index contributed by atoms with van der Waals surface area (Å²) in [4.78, 5) is 36.4. The summed E-state index contributed by atoms with van der Waals surface area (Å²) in [6.07, 6.45) is -5.92. The van der Waals surface area contributed by atoms with Gasteiger partial charge in [0.1, 0.15) is 11.1 Å². The van der Waals surface area contributed by atoms with Crippen LogP contribution in [-0.4, -0.2) is 36.2 Å². The molecule has 1 atom stereocenters. The molecule has 1 rings (SSSR count). The average molecular weight is 432 g/mol. The fraction of sp³-hybridized carbons (Fsp3) is 0.550. The number of ether oxygens (including phenoxy) is 2. The van der Waals surface area contributed by atoms with Crippen LogP contribution in [0.15, 0.2) is 24.3 Å². The summed E-state index contributed by atoms with van der Waals surface area (Å²) in [5, 5.41) is 4.87. The summed E-state index contributed by atoms with van der Waals surface area (Å²) in [6, 6.07) is 3.14. The quantitative estimate of drug-likeness (QED) is 0.668. The van der Waals surface area contributed by atoms with E-state index in [1.165, 1.54) is 26.0 Å². The molecule has 10 heteroatoms. The number of benzene rings is 1. The summed E-state index contributed by atoms with van der Waals surface area (Å²) >= 11 is 0. The molecule has 2 amide bonds. The molecule has 0 saturated heterocycles. The van der Waals surface area contributed by atoms with Crippen molar-refractivity contribution in [2.24, 2.45) is 0 Å². The molecule has 2 N–H and O–H groups in total. The van der Waals surface area contributed by atoms with Crippen molar-refractivity contribution in [1.29, 1.82) is 0 Å². The summed E-state index contributed by atoms with van der Waals surface area (Å²) in [7, 11) is 1.16. The van der Waals surface area contributed by atoms with Gasteiger partial charge in [0.2, 0.25) is 5.91 Å². The van der Waals surface area contributed by atoms with E-state index in [-0.39, 0.29) is 5.56 Å². The maximum Gasteiger partial charge on any atom is 0.416 e. The van der Waals surface area contributed by atoms with Crippen molar-refractivity contribution >= 4 is 18.0 Å². The maximum absolute atomic E-state index is 13.1. The molecule has 0 bridgehead atoms. The molecular weight excluding hydrogens is 405 g/mol. The van der Waals surface area contributed by atoms with Crippen molar-refractivity contribution in [2.45, 2.75) is 64.4 Å². The predicted octanol–water partition coefficient (Wildman–Crippen LogP) is 3.73. The van der Waals surface area contributed by atoms with Gasteiger partial charge in [0.25, 0.3) is 0 Å². The minimum Gasteiger partial charge on any atom is -0.467 e. The number of amides is 2. The van der Waals surface area contributed by atoms with E-state index in [4.69, 9.17) is 4.74 Å². The summed E-state index contributed by atoms with van der Waals surface area (Å²) in [5.74, 6) is -1.38. The third-order valence-electron chi connectivity index (χ3n) is 3.84. The first kappa shape index (κ1) is 25.3. The Hall–Kier alpha value is -2.78. The second-order valence-electron chi connectivity index (χ2n) is 8.19. The predicted molar refractivity (Wildman–Crippen MR) is 102 cm³/mol. The lowest BCUT2D eigenvalue weighted by Crippen LogP contribution is -2.51. The van der Waals surface area contributed by atoms with Crippen LogP contribution in [0.2, 0.25) is 0 Å². The van der Waals surface area contributed by atoms with Crippen LogP contribution in [-0.2, 0) is 25.2 Å². The lowest BCUT2D eigenvalue weighted by atomic mass is 9.99. The van der Waals surface area contributed by atoms with Crippen molar-refractivity contribution in [3.05, 3.63) is 35.4 Å². The number of carbonyl (C=O) groups excluding carboxylic acids is 3. The van der Waals surface area contributed by atoms with Gasteiger partial charge in [0.05, 0.1) is 25.1 Å². The molecule has 168 valence electrons. The minimum atomic E-state index is -4.60. The minimum absolute atomic E-state index is 0.0571. The Bertz CT molecular complexity index is 785. The van der Waals surface area contributed by atoms with Crippen LogP contribution in [0.5, 0.6) is 0 Å². The number of alkyl carbamates (subject to hydrolysis) is 1. The maximum atomic E-state index is 13.1. The lowest BCUT2D eigenvalue weighted by Gasteiger charge is -2.26. The average Bonchev–Trinajstić information content (AvgIpc) is 2.57. The highest BCUT2D eigenvalue weighted by molar-refractivity contribution is 5.87. The Morgan fingerprint density at radius 2 is 1.67 bits per heavy atom. The molecule has 1 aromatic rings. The number of methoxy groups -OCH3 is 1. The van der Waals surface area contributed by atoms with Gasteiger partial charge >= 0.3 is 18.2 Å². The number of nitrogens with one attached hydrogen (secondary N) is 2.